The molecule has 0 aromatic heterocycles. The number of benzene rings is 1. The van der Waals surface area contributed by atoms with E-state index in [9.17, 15) is 0 Å². The van der Waals surface area contributed by atoms with Crippen LogP contribution < -0.4 is 5.32 Å². The van der Waals surface area contributed by atoms with Gasteiger partial charge in [-0.25, -0.2) is 0 Å². The summed E-state index contributed by atoms with van der Waals surface area (Å²) in [5.41, 5.74) is 1.44. The zero-order valence-corrected chi connectivity index (χ0v) is 11.4. The van der Waals surface area contributed by atoms with E-state index >= 15 is 0 Å². The van der Waals surface area contributed by atoms with Crippen LogP contribution in [0.4, 0.5) is 0 Å². The van der Waals surface area contributed by atoms with Gasteiger partial charge in [-0.3, -0.25) is 4.90 Å². The predicted octanol–water partition coefficient (Wildman–Crippen LogP) is 2.21. The van der Waals surface area contributed by atoms with E-state index in [-0.39, 0.29) is 0 Å². The van der Waals surface area contributed by atoms with Gasteiger partial charge < -0.3 is 5.32 Å². The molecule has 2 rings (SSSR count). The third kappa shape index (κ3) is 4.34. The summed E-state index contributed by atoms with van der Waals surface area (Å²) in [7, 11) is 0. The minimum Gasteiger partial charge on any atom is -0.314 e. The van der Waals surface area contributed by atoms with Crippen molar-refractivity contribution < 1.29 is 0 Å². The minimum atomic E-state index is 0.695. The Labute approximate surface area is 109 Å². The van der Waals surface area contributed by atoms with E-state index in [2.05, 4.69) is 47.5 Å². The lowest BCUT2D eigenvalue weighted by atomic mass is 10.2. The summed E-state index contributed by atoms with van der Waals surface area (Å²) in [6.07, 6.45) is 0. The maximum atomic E-state index is 3.43. The van der Waals surface area contributed by atoms with Crippen LogP contribution in [0.1, 0.15) is 12.5 Å². The molecule has 1 aliphatic rings. The summed E-state index contributed by atoms with van der Waals surface area (Å²) in [6, 6.07) is 11.4. The van der Waals surface area contributed by atoms with Gasteiger partial charge in [0.25, 0.3) is 0 Å². The molecule has 1 saturated heterocycles. The van der Waals surface area contributed by atoms with E-state index in [1.54, 1.807) is 0 Å². The highest BCUT2D eigenvalue weighted by atomic mass is 32.2. The molecule has 1 N–H and O–H groups in total. The molecule has 1 fully saturated rings. The first-order valence-electron chi connectivity index (χ1n) is 6.42. The fourth-order valence-electron chi connectivity index (χ4n) is 2.16. The third-order valence-electron chi connectivity index (χ3n) is 3.27. The van der Waals surface area contributed by atoms with Crippen LogP contribution in [0.15, 0.2) is 30.3 Å². The van der Waals surface area contributed by atoms with Crippen LogP contribution in [0, 0.1) is 0 Å². The van der Waals surface area contributed by atoms with Gasteiger partial charge in [0.15, 0.2) is 0 Å². The van der Waals surface area contributed by atoms with Crippen molar-refractivity contribution in [1.82, 2.24) is 10.2 Å². The molecule has 0 unspecified atom stereocenters. The van der Waals surface area contributed by atoms with Crippen molar-refractivity contribution in [3.63, 3.8) is 0 Å². The van der Waals surface area contributed by atoms with E-state index < -0.39 is 0 Å². The maximum absolute atomic E-state index is 3.43. The Morgan fingerprint density at radius 1 is 1.35 bits per heavy atom. The first-order chi connectivity index (χ1) is 8.36. The fourth-order valence-corrected chi connectivity index (χ4v) is 3.10. The molecule has 1 atom stereocenters. The van der Waals surface area contributed by atoms with Gasteiger partial charge in [-0.2, -0.15) is 11.8 Å². The predicted molar refractivity (Wildman–Crippen MR) is 76.5 cm³/mol. The number of rotatable bonds is 5. The number of nitrogens with zero attached hydrogens (tertiary/aromatic N) is 1. The largest absolute Gasteiger partial charge is 0.314 e. The molecule has 2 nitrogen and oxygen atoms in total. The van der Waals surface area contributed by atoms with Crippen LogP contribution in [0.25, 0.3) is 0 Å². The Hall–Kier alpha value is -0.510. The summed E-state index contributed by atoms with van der Waals surface area (Å²) in [5.74, 6) is 2.38. The highest BCUT2D eigenvalue weighted by molar-refractivity contribution is 7.98. The van der Waals surface area contributed by atoms with Crippen molar-refractivity contribution in [3.8, 4) is 0 Å². The zero-order valence-electron chi connectivity index (χ0n) is 10.6. The van der Waals surface area contributed by atoms with Crippen LogP contribution in [-0.2, 0) is 5.75 Å². The number of thioether (sulfide) groups is 1. The molecule has 0 radical (unpaired) electrons. The first-order valence-corrected chi connectivity index (χ1v) is 7.58. The first kappa shape index (κ1) is 12.9. The molecule has 1 heterocycles. The summed E-state index contributed by atoms with van der Waals surface area (Å²) in [6.45, 7) is 7.03. The quantitative estimate of drug-likeness (QED) is 0.807. The number of nitrogens with one attached hydrogen (secondary N) is 1. The highest BCUT2D eigenvalue weighted by Gasteiger charge is 2.16. The van der Waals surface area contributed by atoms with Crippen LogP contribution in [-0.4, -0.2) is 42.9 Å². The zero-order chi connectivity index (χ0) is 11.9. The summed E-state index contributed by atoms with van der Waals surface area (Å²) >= 11 is 2.04. The van der Waals surface area contributed by atoms with Crippen molar-refractivity contribution in [2.75, 3.05) is 31.9 Å². The van der Waals surface area contributed by atoms with Crippen molar-refractivity contribution in [2.24, 2.45) is 0 Å². The second-order valence-electron chi connectivity index (χ2n) is 4.63. The number of piperazine rings is 1. The molecule has 0 saturated carbocycles. The van der Waals surface area contributed by atoms with Gasteiger partial charge in [0.2, 0.25) is 0 Å². The fraction of sp³-hybridized carbons (Fsp3) is 0.571. The van der Waals surface area contributed by atoms with Crippen LogP contribution >= 0.6 is 11.8 Å². The van der Waals surface area contributed by atoms with Crippen LogP contribution in [0.2, 0.25) is 0 Å². The third-order valence-corrected chi connectivity index (χ3v) is 4.28. The van der Waals surface area contributed by atoms with E-state index in [4.69, 9.17) is 0 Å². The van der Waals surface area contributed by atoms with Crippen molar-refractivity contribution >= 4 is 11.8 Å². The van der Waals surface area contributed by atoms with Gasteiger partial charge in [0.05, 0.1) is 0 Å². The molecule has 1 aliphatic heterocycles. The van der Waals surface area contributed by atoms with E-state index in [0.717, 1.165) is 18.8 Å². The standard InChI is InChI=1S/C14H22N2S/c1-13-11-15-7-8-16(13)9-10-17-12-14-5-3-2-4-6-14/h2-6,13,15H,7-12H2,1H3/t13-/m0/s1. The van der Waals surface area contributed by atoms with Crippen molar-refractivity contribution in [1.29, 1.82) is 0 Å². The summed E-state index contributed by atoms with van der Waals surface area (Å²) in [4.78, 5) is 2.59. The van der Waals surface area contributed by atoms with Gasteiger partial charge in [-0.15, -0.1) is 0 Å². The molecule has 1 aromatic carbocycles. The van der Waals surface area contributed by atoms with E-state index in [1.165, 1.54) is 24.4 Å². The number of hydrogen-bond donors (Lipinski definition) is 1. The smallest absolute Gasteiger partial charge is 0.0193 e. The van der Waals surface area contributed by atoms with Gasteiger partial charge >= 0.3 is 0 Å². The van der Waals surface area contributed by atoms with Crippen LogP contribution in [0.5, 0.6) is 0 Å². The second kappa shape index (κ2) is 7.04. The highest BCUT2D eigenvalue weighted by Crippen LogP contribution is 2.12. The Morgan fingerprint density at radius 2 is 2.18 bits per heavy atom. The van der Waals surface area contributed by atoms with E-state index in [1.807, 2.05) is 11.8 Å². The van der Waals surface area contributed by atoms with Gasteiger partial charge in [0, 0.05) is 43.7 Å². The minimum absolute atomic E-state index is 0.695. The van der Waals surface area contributed by atoms with Gasteiger partial charge in [-0.05, 0) is 12.5 Å². The van der Waals surface area contributed by atoms with Gasteiger partial charge in [0.1, 0.15) is 0 Å². The lowest BCUT2D eigenvalue weighted by molar-refractivity contribution is 0.184. The molecule has 0 spiro atoms. The average Bonchev–Trinajstić information content (AvgIpc) is 2.38. The molecule has 0 amide bonds. The average molecular weight is 250 g/mol. The molecular formula is C14H22N2S. The molecule has 0 aliphatic carbocycles. The molecule has 0 bridgehead atoms. The lowest BCUT2D eigenvalue weighted by Gasteiger charge is -2.33. The van der Waals surface area contributed by atoms with Crippen molar-refractivity contribution in [2.45, 2.75) is 18.7 Å². The van der Waals surface area contributed by atoms with Crippen molar-refractivity contribution in [3.05, 3.63) is 35.9 Å². The second-order valence-corrected chi connectivity index (χ2v) is 5.73. The molecular weight excluding hydrogens is 228 g/mol. The Bertz CT molecular complexity index is 315. The summed E-state index contributed by atoms with van der Waals surface area (Å²) < 4.78 is 0. The molecule has 1 aromatic rings. The SMILES string of the molecule is C[C@H]1CNCCN1CCSCc1ccccc1. The topological polar surface area (TPSA) is 15.3 Å². The molecule has 94 valence electrons. The summed E-state index contributed by atoms with van der Waals surface area (Å²) in [5, 5.41) is 3.43. The van der Waals surface area contributed by atoms with Crippen LogP contribution in [0.3, 0.4) is 0 Å². The normalized spacial score (nSPS) is 21.6. The number of hydrogen-bond acceptors (Lipinski definition) is 3. The van der Waals surface area contributed by atoms with E-state index in [0.29, 0.717) is 6.04 Å². The monoisotopic (exact) mass is 250 g/mol. The van der Waals surface area contributed by atoms with Gasteiger partial charge in [-0.1, -0.05) is 30.3 Å². The maximum Gasteiger partial charge on any atom is 0.0193 e. The molecule has 3 heteroatoms. The Morgan fingerprint density at radius 3 is 2.94 bits per heavy atom. The molecule has 17 heavy (non-hydrogen) atoms. The Kier molecular flexibility index (Phi) is 5.36. The Balaban J connectivity index is 1.63. The lowest BCUT2D eigenvalue weighted by Crippen LogP contribution is -2.50.